The minimum Gasteiger partial charge on any atom is -0.374 e. The second kappa shape index (κ2) is 8.74. The summed E-state index contributed by atoms with van der Waals surface area (Å²) in [6, 6.07) is 0. The summed E-state index contributed by atoms with van der Waals surface area (Å²) in [7, 11) is 0. The monoisotopic (exact) mass is 252 g/mol. The summed E-state index contributed by atoms with van der Waals surface area (Å²) in [6.45, 7) is 10.1. The smallest absolute Gasteiger partial charge is 0.0651 e. The molecule has 1 aliphatic rings. The van der Waals surface area contributed by atoms with Crippen LogP contribution < -0.4 is 0 Å². The predicted molar refractivity (Wildman–Crippen MR) is 79.7 cm³/mol. The van der Waals surface area contributed by atoms with Crippen molar-refractivity contribution in [2.24, 2.45) is 17.8 Å². The van der Waals surface area contributed by atoms with Crippen LogP contribution in [-0.2, 0) is 4.74 Å². The van der Waals surface area contributed by atoms with Crippen LogP contribution in [0, 0.1) is 17.8 Å². The Morgan fingerprint density at radius 3 is 2.67 bits per heavy atom. The fourth-order valence-electron chi connectivity index (χ4n) is 2.99. The van der Waals surface area contributed by atoms with E-state index in [0.717, 1.165) is 24.4 Å². The molecule has 0 heterocycles. The highest BCUT2D eigenvalue weighted by molar-refractivity contribution is 4.85. The third-order valence-electron chi connectivity index (χ3n) is 4.26. The number of hydrogen-bond donors (Lipinski definition) is 0. The molecule has 0 aromatic carbocycles. The molecule has 1 nitrogen and oxygen atoms in total. The third-order valence-corrected chi connectivity index (χ3v) is 4.26. The fourth-order valence-corrected chi connectivity index (χ4v) is 2.99. The van der Waals surface area contributed by atoms with Crippen LogP contribution in [0.2, 0.25) is 0 Å². The number of ether oxygens (including phenoxy) is 1. The van der Waals surface area contributed by atoms with Gasteiger partial charge in [-0.05, 0) is 37.0 Å². The number of allylic oxidation sites excluding steroid dienone is 1. The molecule has 0 unspecified atom stereocenters. The molecule has 0 aromatic heterocycles. The van der Waals surface area contributed by atoms with Gasteiger partial charge in [0.25, 0.3) is 0 Å². The second-order valence-corrected chi connectivity index (χ2v) is 6.31. The highest BCUT2D eigenvalue weighted by Gasteiger charge is 2.30. The highest BCUT2D eigenvalue weighted by Crippen LogP contribution is 2.35. The van der Waals surface area contributed by atoms with Crippen molar-refractivity contribution < 1.29 is 4.74 Å². The normalized spacial score (nSPS) is 29.3. The largest absolute Gasteiger partial charge is 0.374 e. The van der Waals surface area contributed by atoms with Gasteiger partial charge in [-0.1, -0.05) is 59.1 Å². The van der Waals surface area contributed by atoms with Gasteiger partial charge in [-0.2, -0.15) is 0 Å². The number of hydrogen-bond acceptors (Lipinski definition) is 1. The first-order chi connectivity index (χ1) is 8.65. The Balaban J connectivity index is 2.30. The Labute approximate surface area is 114 Å². The first-order valence-corrected chi connectivity index (χ1v) is 7.91. The van der Waals surface area contributed by atoms with Gasteiger partial charge in [0, 0.05) is 0 Å². The molecule has 0 saturated heterocycles. The lowest BCUT2D eigenvalue weighted by atomic mass is 9.75. The highest BCUT2D eigenvalue weighted by atomic mass is 16.5. The molecule has 1 saturated carbocycles. The van der Waals surface area contributed by atoms with Crippen LogP contribution in [0.25, 0.3) is 0 Å². The lowest BCUT2D eigenvalue weighted by Gasteiger charge is -2.37. The van der Waals surface area contributed by atoms with E-state index in [1.807, 2.05) is 0 Å². The molecule has 1 fully saturated rings. The van der Waals surface area contributed by atoms with Crippen molar-refractivity contribution in [2.45, 2.75) is 72.3 Å². The summed E-state index contributed by atoms with van der Waals surface area (Å²) in [5.41, 5.74) is 0. The fraction of sp³-hybridized carbons (Fsp3) is 0.882. The zero-order chi connectivity index (χ0) is 13.4. The van der Waals surface area contributed by atoms with Gasteiger partial charge in [-0.25, -0.2) is 0 Å². The van der Waals surface area contributed by atoms with Crippen LogP contribution in [0.3, 0.4) is 0 Å². The van der Waals surface area contributed by atoms with E-state index >= 15 is 0 Å². The van der Waals surface area contributed by atoms with Gasteiger partial charge in [-0.3, -0.25) is 0 Å². The molecule has 0 N–H and O–H groups in total. The van der Waals surface area contributed by atoms with Crippen molar-refractivity contribution >= 4 is 0 Å². The van der Waals surface area contributed by atoms with Crippen LogP contribution in [0.4, 0.5) is 0 Å². The van der Waals surface area contributed by atoms with Crippen molar-refractivity contribution in [3.8, 4) is 0 Å². The average Bonchev–Trinajstić information content (AvgIpc) is 2.33. The van der Waals surface area contributed by atoms with E-state index in [4.69, 9.17) is 4.74 Å². The number of unbranched alkanes of at least 4 members (excludes halogenated alkanes) is 2. The van der Waals surface area contributed by atoms with Crippen molar-refractivity contribution in [1.82, 2.24) is 0 Å². The number of rotatable bonds is 7. The molecule has 1 heteroatoms. The minimum absolute atomic E-state index is 0.490. The molecule has 1 rings (SSSR count). The summed E-state index contributed by atoms with van der Waals surface area (Å²) < 4.78 is 6.12. The zero-order valence-electron chi connectivity index (χ0n) is 12.8. The summed E-state index contributed by atoms with van der Waals surface area (Å²) in [5.74, 6) is 2.37. The molecule has 106 valence electrons. The van der Waals surface area contributed by atoms with Gasteiger partial charge >= 0.3 is 0 Å². The summed E-state index contributed by atoms with van der Waals surface area (Å²) >= 11 is 0. The Kier molecular flexibility index (Phi) is 7.65. The maximum absolute atomic E-state index is 6.12. The molecule has 0 radical (unpaired) electrons. The van der Waals surface area contributed by atoms with Crippen LogP contribution in [0.15, 0.2) is 12.2 Å². The Morgan fingerprint density at radius 2 is 2.00 bits per heavy atom. The topological polar surface area (TPSA) is 9.23 Å². The average molecular weight is 252 g/mol. The first-order valence-electron chi connectivity index (χ1n) is 7.91. The molecular formula is C17H32O. The summed E-state index contributed by atoms with van der Waals surface area (Å²) in [4.78, 5) is 0. The molecule has 0 bridgehead atoms. The molecule has 18 heavy (non-hydrogen) atoms. The van der Waals surface area contributed by atoms with Gasteiger partial charge in [-0.15, -0.1) is 0 Å². The third kappa shape index (κ3) is 5.56. The predicted octanol–water partition coefficient (Wildman–Crippen LogP) is 5.21. The van der Waals surface area contributed by atoms with Crippen LogP contribution in [0.1, 0.15) is 66.2 Å². The van der Waals surface area contributed by atoms with E-state index < -0.39 is 0 Å². The molecule has 0 amide bonds. The van der Waals surface area contributed by atoms with Gasteiger partial charge in [0.2, 0.25) is 0 Å². The van der Waals surface area contributed by atoms with Gasteiger partial charge in [0.1, 0.15) is 0 Å². The molecule has 1 aliphatic carbocycles. The Morgan fingerprint density at radius 1 is 1.22 bits per heavy atom. The minimum atomic E-state index is 0.490. The Bertz CT molecular complexity index is 232. The van der Waals surface area contributed by atoms with Gasteiger partial charge in [0.05, 0.1) is 12.7 Å². The van der Waals surface area contributed by atoms with E-state index in [9.17, 15) is 0 Å². The van der Waals surface area contributed by atoms with Crippen molar-refractivity contribution in [1.29, 1.82) is 0 Å². The van der Waals surface area contributed by atoms with Gasteiger partial charge < -0.3 is 4.74 Å². The van der Waals surface area contributed by atoms with E-state index in [-0.39, 0.29) is 0 Å². The quantitative estimate of drug-likeness (QED) is 0.446. The van der Waals surface area contributed by atoms with Crippen LogP contribution in [0.5, 0.6) is 0 Å². The maximum Gasteiger partial charge on any atom is 0.0651 e. The molecule has 0 aromatic rings. The van der Waals surface area contributed by atoms with Crippen LogP contribution >= 0.6 is 0 Å². The zero-order valence-corrected chi connectivity index (χ0v) is 12.8. The molecule has 3 atom stereocenters. The van der Waals surface area contributed by atoms with Crippen molar-refractivity contribution in [2.75, 3.05) is 6.61 Å². The Hall–Kier alpha value is -0.300. The van der Waals surface area contributed by atoms with E-state index in [0.29, 0.717) is 6.10 Å². The van der Waals surface area contributed by atoms with Crippen LogP contribution in [-0.4, -0.2) is 12.7 Å². The van der Waals surface area contributed by atoms with E-state index in [1.54, 1.807) is 0 Å². The van der Waals surface area contributed by atoms with Gasteiger partial charge in [0.15, 0.2) is 0 Å². The lowest BCUT2D eigenvalue weighted by molar-refractivity contribution is -0.0262. The second-order valence-electron chi connectivity index (χ2n) is 6.31. The molecular weight excluding hydrogens is 220 g/mol. The van der Waals surface area contributed by atoms with Crippen molar-refractivity contribution in [3.63, 3.8) is 0 Å². The van der Waals surface area contributed by atoms with E-state index in [1.165, 1.54) is 38.5 Å². The van der Waals surface area contributed by atoms with Crippen molar-refractivity contribution in [3.05, 3.63) is 12.2 Å². The lowest BCUT2D eigenvalue weighted by Crippen LogP contribution is -2.34. The first kappa shape index (κ1) is 15.8. The van der Waals surface area contributed by atoms with E-state index in [2.05, 4.69) is 39.8 Å². The standard InChI is InChI=1S/C17H32O/c1-5-6-7-8-9-12-18-17-13-15(4)10-11-16(17)14(2)3/h8-9,14-17H,5-7,10-13H2,1-4H3/b9-8+/t15-,16+,17-/m1/s1. The molecule has 0 spiro atoms. The SMILES string of the molecule is CCCC/C=C/CO[C@@H]1C[C@H](C)CC[C@H]1C(C)C. The summed E-state index contributed by atoms with van der Waals surface area (Å²) in [5, 5.41) is 0. The molecule has 0 aliphatic heterocycles. The maximum atomic E-state index is 6.12. The summed E-state index contributed by atoms with van der Waals surface area (Å²) in [6.07, 6.45) is 12.8.